The first-order valence-corrected chi connectivity index (χ1v) is 14.7. The maximum atomic E-state index is 14.5. The number of benzene rings is 1. The Labute approximate surface area is 259 Å². The van der Waals surface area contributed by atoms with Crippen molar-refractivity contribution < 1.29 is 46.5 Å². The van der Waals surface area contributed by atoms with E-state index < -0.39 is 52.2 Å². The maximum absolute atomic E-state index is 14.5. The van der Waals surface area contributed by atoms with E-state index in [1.807, 2.05) is 32.9 Å². The summed E-state index contributed by atoms with van der Waals surface area (Å²) in [4.78, 5) is 40.8. The molecular formula is C35H35F3O7. The smallest absolute Gasteiger partial charge is 0.432 e. The number of alkyl halides is 3. The van der Waals surface area contributed by atoms with Crippen molar-refractivity contribution in [1.29, 1.82) is 0 Å². The highest BCUT2D eigenvalue weighted by atomic mass is 19.4. The molecule has 1 spiro atoms. The molecule has 5 atom stereocenters. The number of fused-ring (bicyclic) bond motifs is 5. The number of methoxy groups -OCH3 is 1. The summed E-state index contributed by atoms with van der Waals surface area (Å²) in [5.74, 6) is -2.84. The lowest BCUT2D eigenvalue weighted by molar-refractivity contribution is -0.277. The first-order valence-electron chi connectivity index (χ1n) is 14.7. The third-order valence-corrected chi connectivity index (χ3v) is 9.03. The highest BCUT2D eigenvalue weighted by Gasteiger charge is 2.65. The fraction of sp³-hybridized carbons (Fsp3) is 0.400. The molecule has 0 unspecified atom stereocenters. The summed E-state index contributed by atoms with van der Waals surface area (Å²) in [5.41, 5.74) is -4.24. The number of carbonyl (C=O) groups is 3. The monoisotopic (exact) mass is 624 g/mol. The van der Waals surface area contributed by atoms with Gasteiger partial charge in [-0.25, -0.2) is 9.59 Å². The Balaban J connectivity index is 1.59. The van der Waals surface area contributed by atoms with Crippen LogP contribution in [0.25, 0.3) is 0 Å². The van der Waals surface area contributed by atoms with Gasteiger partial charge in [-0.1, -0.05) is 78.8 Å². The molecule has 0 radical (unpaired) electrons. The van der Waals surface area contributed by atoms with E-state index in [-0.39, 0.29) is 36.7 Å². The van der Waals surface area contributed by atoms with Gasteiger partial charge in [-0.15, -0.1) is 0 Å². The third kappa shape index (κ3) is 5.39. The second-order valence-electron chi connectivity index (χ2n) is 12.1. The lowest BCUT2D eigenvalue weighted by Crippen LogP contribution is -2.53. The van der Waals surface area contributed by atoms with Crippen LogP contribution in [0.2, 0.25) is 0 Å². The molecule has 3 heterocycles. The van der Waals surface area contributed by atoms with E-state index in [1.54, 1.807) is 25.2 Å². The van der Waals surface area contributed by atoms with Gasteiger partial charge >= 0.3 is 18.1 Å². The van der Waals surface area contributed by atoms with Crippen LogP contribution in [0.4, 0.5) is 13.2 Å². The molecule has 0 saturated carbocycles. The molecule has 1 aromatic rings. The Kier molecular flexibility index (Phi) is 8.33. The molecule has 2 aliphatic carbocycles. The number of esters is 2. The van der Waals surface area contributed by atoms with Crippen LogP contribution in [-0.2, 0) is 38.9 Å². The normalized spacial score (nSPS) is 32.8. The van der Waals surface area contributed by atoms with Gasteiger partial charge in [0.25, 0.3) is 5.60 Å². The predicted molar refractivity (Wildman–Crippen MR) is 158 cm³/mol. The van der Waals surface area contributed by atoms with Crippen molar-refractivity contribution in [2.45, 2.75) is 64.0 Å². The van der Waals surface area contributed by atoms with Crippen molar-refractivity contribution in [2.75, 3.05) is 13.7 Å². The van der Waals surface area contributed by atoms with Gasteiger partial charge in [-0.3, -0.25) is 4.79 Å². The molecule has 1 fully saturated rings. The van der Waals surface area contributed by atoms with Gasteiger partial charge in [0.05, 0.1) is 5.41 Å². The fourth-order valence-corrected chi connectivity index (χ4v) is 6.56. The quantitative estimate of drug-likeness (QED) is 0.214. The minimum atomic E-state index is -5.13. The maximum Gasteiger partial charge on any atom is 0.432 e. The largest absolute Gasteiger partial charge is 0.488 e. The molecule has 6 rings (SSSR count). The van der Waals surface area contributed by atoms with Crippen molar-refractivity contribution >= 4 is 17.7 Å². The summed E-state index contributed by atoms with van der Waals surface area (Å²) in [6, 6.07) is 6.60. The minimum Gasteiger partial charge on any atom is -0.488 e. The van der Waals surface area contributed by atoms with E-state index in [4.69, 9.17) is 18.9 Å². The fourth-order valence-electron chi connectivity index (χ4n) is 6.56. The average Bonchev–Trinajstić information content (AvgIpc) is 3.22. The summed E-state index contributed by atoms with van der Waals surface area (Å²) in [6.07, 6.45) is 5.73. The van der Waals surface area contributed by atoms with Crippen LogP contribution in [0, 0.1) is 11.3 Å². The zero-order valence-electron chi connectivity index (χ0n) is 25.7. The van der Waals surface area contributed by atoms with Gasteiger partial charge in [0.15, 0.2) is 5.60 Å². The molecule has 5 aliphatic rings. The van der Waals surface area contributed by atoms with Gasteiger partial charge in [0.1, 0.15) is 24.0 Å². The molecule has 0 amide bonds. The Morgan fingerprint density at radius 3 is 2.38 bits per heavy atom. The van der Waals surface area contributed by atoms with Crippen LogP contribution < -0.4 is 0 Å². The van der Waals surface area contributed by atoms with E-state index in [9.17, 15) is 27.6 Å². The SMILES string of the molecule is CO[C@@](C(=O)O[C@H]1/C=C2\C=CC(=C3C(=O)O[C@]4(C[C@H](C)C(C)=C[C@@]4(C)/C=C(C)/C=C\C1)C3=O)OC2)(c1ccccc1)C(F)(F)F. The molecule has 1 aromatic carbocycles. The minimum absolute atomic E-state index is 0.0230. The van der Waals surface area contributed by atoms with Gasteiger partial charge in [0.2, 0.25) is 5.78 Å². The lowest BCUT2D eigenvalue weighted by Gasteiger charge is -2.45. The van der Waals surface area contributed by atoms with Gasteiger partial charge in [-0.05, 0) is 44.4 Å². The molecule has 1 saturated heterocycles. The summed E-state index contributed by atoms with van der Waals surface area (Å²) < 4.78 is 65.9. The van der Waals surface area contributed by atoms with E-state index in [0.717, 1.165) is 24.8 Å². The summed E-state index contributed by atoms with van der Waals surface area (Å²) >= 11 is 0. The van der Waals surface area contributed by atoms with E-state index >= 15 is 0 Å². The Hall–Kier alpha value is -4.18. The van der Waals surface area contributed by atoms with Crippen LogP contribution in [0.15, 0.2) is 101 Å². The van der Waals surface area contributed by atoms with E-state index in [2.05, 4.69) is 0 Å². The molecule has 0 N–H and O–H groups in total. The van der Waals surface area contributed by atoms with Crippen molar-refractivity contribution in [3.63, 3.8) is 0 Å². The Morgan fingerprint density at radius 2 is 1.76 bits per heavy atom. The molecule has 3 aliphatic heterocycles. The number of hydrogen-bond donors (Lipinski definition) is 0. The summed E-state index contributed by atoms with van der Waals surface area (Å²) in [6.45, 7) is 7.45. The number of halogens is 3. The number of carbonyl (C=O) groups excluding carboxylic acids is 3. The second kappa shape index (κ2) is 11.6. The molecule has 10 heteroatoms. The molecule has 238 valence electrons. The number of ether oxygens (including phenoxy) is 4. The van der Waals surface area contributed by atoms with Crippen molar-refractivity contribution in [1.82, 2.24) is 0 Å². The zero-order valence-corrected chi connectivity index (χ0v) is 25.7. The topological polar surface area (TPSA) is 88.1 Å². The summed E-state index contributed by atoms with van der Waals surface area (Å²) in [7, 11) is 0.813. The highest BCUT2D eigenvalue weighted by Crippen LogP contribution is 2.53. The molecule has 45 heavy (non-hydrogen) atoms. The highest BCUT2D eigenvalue weighted by molar-refractivity contribution is 6.26. The Bertz CT molecular complexity index is 1600. The van der Waals surface area contributed by atoms with Crippen LogP contribution in [0.1, 0.15) is 46.1 Å². The summed E-state index contributed by atoms with van der Waals surface area (Å²) in [5, 5.41) is 0. The molecule has 4 bridgehead atoms. The first-order chi connectivity index (χ1) is 21.2. The van der Waals surface area contributed by atoms with Crippen LogP contribution >= 0.6 is 0 Å². The number of hydrogen-bond acceptors (Lipinski definition) is 7. The Morgan fingerprint density at radius 1 is 1.04 bits per heavy atom. The predicted octanol–water partition coefficient (Wildman–Crippen LogP) is 6.53. The van der Waals surface area contributed by atoms with Gasteiger partial charge in [-0.2, -0.15) is 13.2 Å². The molecule has 7 nitrogen and oxygen atoms in total. The number of ketones is 1. The number of rotatable bonds is 4. The molecule has 0 aromatic heterocycles. The van der Waals surface area contributed by atoms with E-state index in [1.165, 1.54) is 30.4 Å². The standard InChI is InChI=1S/C35H35F3O7/c1-21-10-9-13-26(44-31(41)34(42-5,35(36,37)38)25-11-7-6-8-12-25)16-24-14-15-27(43-20-24)28-29(39)33(45-30(28)40)19-23(3)22(2)18-32(33,4)17-21/h6-12,14-18,23,26H,13,19-20H2,1-5H3/b10-9-,21-17+,24-16+,28-27?/t23-,26+,32+,33+,34+/m0/s1. The zero-order chi connectivity index (χ0) is 32.8. The second-order valence-corrected chi connectivity index (χ2v) is 12.1. The van der Waals surface area contributed by atoms with Crippen LogP contribution in [0.5, 0.6) is 0 Å². The number of Topliss-reactive ketones (excluding diaryl/α,β-unsaturated/α-hetero) is 1. The average molecular weight is 625 g/mol. The van der Waals surface area contributed by atoms with Crippen molar-refractivity contribution in [3.05, 3.63) is 106 Å². The van der Waals surface area contributed by atoms with Gasteiger partial charge in [0, 0.05) is 25.5 Å². The van der Waals surface area contributed by atoms with Crippen LogP contribution in [0.3, 0.4) is 0 Å². The lowest BCUT2D eigenvalue weighted by atomic mass is 9.61. The number of allylic oxidation sites excluding steroid dienone is 4. The molecular weight excluding hydrogens is 589 g/mol. The first kappa shape index (κ1) is 32.2. The van der Waals surface area contributed by atoms with Crippen molar-refractivity contribution in [2.24, 2.45) is 11.3 Å². The third-order valence-electron chi connectivity index (χ3n) is 9.03. The van der Waals surface area contributed by atoms with Gasteiger partial charge < -0.3 is 18.9 Å². The van der Waals surface area contributed by atoms with E-state index in [0.29, 0.717) is 11.1 Å². The van der Waals surface area contributed by atoms with Crippen molar-refractivity contribution in [3.8, 4) is 0 Å². The van der Waals surface area contributed by atoms with Crippen LogP contribution in [-0.4, -0.2) is 49.3 Å².